The Labute approximate surface area is 83.3 Å². The average Bonchev–Trinajstić information content (AvgIpc) is 2.34. The quantitative estimate of drug-likeness (QED) is 0.709. The second-order valence-electron chi connectivity index (χ2n) is 5.86. The van der Waals surface area contributed by atoms with Crippen LogP contribution in [0.1, 0.15) is 47.0 Å². The molecule has 1 N–H and O–H groups in total. The normalized spacial score (nSPS) is 29.5. The van der Waals surface area contributed by atoms with Gasteiger partial charge in [0, 0.05) is 0 Å². The van der Waals surface area contributed by atoms with Crippen LogP contribution in [0.5, 0.6) is 0 Å². The highest BCUT2D eigenvalue weighted by Crippen LogP contribution is 2.30. The zero-order valence-electron chi connectivity index (χ0n) is 9.69. The van der Waals surface area contributed by atoms with Crippen molar-refractivity contribution in [3.05, 3.63) is 0 Å². The molecule has 2 atom stereocenters. The molecule has 2 unspecified atom stereocenters. The van der Waals surface area contributed by atoms with Gasteiger partial charge in [0.1, 0.15) is 0 Å². The van der Waals surface area contributed by atoms with E-state index in [1.54, 1.807) is 0 Å². The summed E-state index contributed by atoms with van der Waals surface area (Å²) >= 11 is 0. The summed E-state index contributed by atoms with van der Waals surface area (Å²) in [6.45, 7) is 11.7. The Morgan fingerprint density at radius 1 is 1.23 bits per heavy atom. The molecule has 1 aliphatic carbocycles. The van der Waals surface area contributed by atoms with E-state index < -0.39 is 0 Å². The van der Waals surface area contributed by atoms with Crippen molar-refractivity contribution in [2.75, 3.05) is 13.1 Å². The van der Waals surface area contributed by atoms with Crippen molar-refractivity contribution in [2.24, 2.45) is 17.3 Å². The fourth-order valence-electron chi connectivity index (χ4n) is 2.16. The number of hydrogen-bond acceptors (Lipinski definition) is 1. The Morgan fingerprint density at radius 2 is 1.92 bits per heavy atom. The van der Waals surface area contributed by atoms with Crippen LogP contribution in [-0.4, -0.2) is 13.1 Å². The van der Waals surface area contributed by atoms with Crippen LogP contribution in [0.2, 0.25) is 0 Å². The molecule has 0 aromatic rings. The Hall–Kier alpha value is -0.0400. The van der Waals surface area contributed by atoms with Crippen molar-refractivity contribution in [3.63, 3.8) is 0 Å². The largest absolute Gasteiger partial charge is 0.316 e. The maximum absolute atomic E-state index is 3.60. The predicted molar refractivity (Wildman–Crippen MR) is 58.8 cm³/mol. The Morgan fingerprint density at radius 3 is 2.38 bits per heavy atom. The van der Waals surface area contributed by atoms with Crippen LogP contribution in [0.4, 0.5) is 0 Å². The van der Waals surface area contributed by atoms with Gasteiger partial charge in [0.2, 0.25) is 0 Å². The molecule has 0 heterocycles. The molecule has 13 heavy (non-hydrogen) atoms. The molecule has 0 aromatic carbocycles. The molecular formula is C12H25N. The lowest BCUT2D eigenvalue weighted by molar-refractivity contribution is 0.334. The third kappa shape index (κ3) is 4.12. The van der Waals surface area contributed by atoms with Gasteiger partial charge in [-0.1, -0.05) is 40.5 Å². The highest BCUT2D eigenvalue weighted by molar-refractivity contribution is 4.77. The van der Waals surface area contributed by atoms with Crippen LogP contribution in [0.3, 0.4) is 0 Å². The van der Waals surface area contributed by atoms with Gasteiger partial charge in [-0.25, -0.2) is 0 Å². The molecular weight excluding hydrogens is 158 g/mol. The molecule has 0 amide bonds. The van der Waals surface area contributed by atoms with Crippen LogP contribution in [-0.2, 0) is 0 Å². The van der Waals surface area contributed by atoms with E-state index in [9.17, 15) is 0 Å². The average molecular weight is 183 g/mol. The van der Waals surface area contributed by atoms with E-state index in [2.05, 4.69) is 33.0 Å². The SMILES string of the molecule is CC1CCCC1CNCC(C)(C)C. The highest BCUT2D eigenvalue weighted by atomic mass is 14.9. The van der Waals surface area contributed by atoms with Crippen molar-refractivity contribution in [1.82, 2.24) is 5.32 Å². The van der Waals surface area contributed by atoms with Gasteiger partial charge in [-0.15, -0.1) is 0 Å². The van der Waals surface area contributed by atoms with Gasteiger partial charge in [0.25, 0.3) is 0 Å². The molecule has 0 radical (unpaired) electrons. The summed E-state index contributed by atoms with van der Waals surface area (Å²) in [6.07, 6.45) is 4.34. The summed E-state index contributed by atoms with van der Waals surface area (Å²) < 4.78 is 0. The first-order valence-electron chi connectivity index (χ1n) is 5.70. The van der Waals surface area contributed by atoms with Crippen LogP contribution < -0.4 is 5.32 Å². The summed E-state index contributed by atoms with van der Waals surface area (Å²) in [5.74, 6) is 1.90. The van der Waals surface area contributed by atoms with E-state index in [0.717, 1.165) is 18.4 Å². The standard InChI is InChI=1S/C12H25N/c1-10-6-5-7-11(10)8-13-9-12(2,3)4/h10-11,13H,5-9H2,1-4H3. The zero-order chi connectivity index (χ0) is 9.90. The first-order valence-corrected chi connectivity index (χ1v) is 5.70. The molecule has 0 bridgehead atoms. The summed E-state index contributed by atoms with van der Waals surface area (Å²) in [4.78, 5) is 0. The minimum absolute atomic E-state index is 0.432. The van der Waals surface area contributed by atoms with Crippen molar-refractivity contribution in [3.8, 4) is 0 Å². The van der Waals surface area contributed by atoms with Crippen LogP contribution in [0.15, 0.2) is 0 Å². The maximum atomic E-state index is 3.60. The van der Waals surface area contributed by atoms with Gasteiger partial charge >= 0.3 is 0 Å². The molecule has 1 fully saturated rings. The van der Waals surface area contributed by atoms with Gasteiger partial charge < -0.3 is 5.32 Å². The molecule has 0 aliphatic heterocycles. The molecule has 0 spiro atoms. The number of hydrogen-bond donors (Lipinski definition) is 1. The summed E-state index contributed by atoms with van der Waals surface area (Å²) in [7, 11) is 0. The molecule has 0 aromatic heterocycles. The molecule has 0 saturated heterocycles. The van der Waals surface area contributed by atoms with Crippen LogP contribution in [0.25, 0.3) is 0 Å². The monoisotopic (exact) mass is 183 g/mol. The van der Waals surface area contributed by atoms with Crippen molar-refractivity contribution >= 4 is 0 Å². The minimum Gasteiger partial charge on any atom is -0.316 e. The van der Waals surface area contributed by atoms with Gasteiger partial charge in [-0.05, 0) is 36.8 Å². The Kier molecular flexibility index (Phi) is 3.78. The second kappa shape index (κ2) is 4.45. The molecule has 1 rings (SSSR count). The second-order valence-corrected chi connectivity index (χ2v) is 5.86. The molecule has 78 valence electrons. The van der Waals surface area contributed by atoms with Gasteiger partial charge in [0.15, 0.2) is 0 Å². The fraction of sp³-hybridized carbons (Fsp3) is 1.00. The maximum Gasteiger partial charge on any atom is -0.000000747 e. The lowest BCUT2D eigenvalue weighted by Crippen LogP contribution is -2.31. The third-order valence-corrected chi connectivity index (χ3v) is 3.10. The number of nitrogens with one attached hydrogen (secondary N) is 1. The first-order chi connectivity index (χ1) is 5.99. The molecule has 1 aliphatic rings. The summed E-state index contributed by atoms with van der Waals surface area (Å²) in [5.41, 5.74) is 0.432. The Bertz CT molecular complexity index is 146. The summed E-state index contributed by atoms with van der Waals surface area (Å²) in [5, 5.41) is 3.60. The van der Waals surface area contributed by atoms with Crippen LogP contribution >= 0.6 is 0 Å². The molecule has 1 nitrogen and oxygen atoms in total. The van der Waals surface area contributed by atoms with E-state index in [1.807, 2.05) is 0 Å². The lowest BCUT2D eigenvalue weighted by atomic mass is 9.95. The zero-order valence-corrected chi connectivity index (χ0v) is 9.69. The van der Waals surface area contributed by atoms with Crippen LogP contribution in [0, 0.1) is 17.3 Å². The smallest absolute Gasteiger partial charge is 0.000000747 e. The number of rotatable bonds is 3. The van der Waals surface area contributed by atoms with E-state index >= 15 is 0 Å². The Balaban J connectivity index is 2.12. The minimum atomic E-state index is 0.432. The fourth-order valence-corrected chi connectivity index (χ4v) is 2.16. The summed E-state index contributed by atoms with van der Waals surface area (Å²) in [6, 6.07) is 0. The van der Waals surface area contributed by atoms with Gasteiger partial charge in [-0.2, -0.15) is 0 Å². The van der Waals surface area contributed by atoms with Crippen molar-refractivity contribution < 1.29 is 0 Å². The topological polar surface area (TPSA) is 12.0 Å². The van der Waals surface area contributed by atoms with Crippen molar-refractivity contribution in [1.29, 1.82) is 0 Å². The highest BCUT2D eigenvalue weighted by Gasteiger charge is 2.23. The van der Waals surface area contributed by atoms with E-state index in [1.165, 1.54) is 25.8 Å². The lowest BCUT2D eigenvalue weighted by Gasteiger charge is -2.22. The van der Waals surface area contributed by atoms with E-state index in [0.29, 0.717) is 5.41 Å². The molecule has 1 saturated carbocycles. The van der Waals surface area contributed by atoms with E-state index in [4.69, 9.17) is 0 Å². The van der Waals surface area contributed by atoms with Crippen molar-refractivity contribution in [2.45, 2.75) is 47.0 Å². The van der Waals surface area contributed by atoms with Gasteiger partial charge in [0.05, 0.1) is 0 Å². The third-order valence-electron chi connectivity index (χ3n) is 3.10. The molecule has 1 heteroatoms. The van der Waals surface area contributed by atoms with Gasteiger partial charge in [-0.3, -0.25) is 0 Å². The predicted octanol–water partition coefficient (Wildman–Crippen LogP) is 3.06. The first kappa shape index (κ1) is 11.0. The van der Waals surface area contributed by atoms with E-state index in [-0.39, 0.29) is 0 Å².